The first kappa shape index (κ1) is 9.92. The van der Waals surface area contributed by atoms with Crippen LogP contribution in [0.2, 0.25) is 0 Å². The largest absolute Gasteiger partial charge is 0.399 e. The molecule has 0 aliphatic heterocycles. The third-order valence-corrected chi connectivity index (χ3v) is 2.73. The Kier molecular flexibility index (Phi) is 2.32. The van der Waals surface area contributed by atoms with Crippen LogP contribution in [-0.4, -0.2) is 10.9 Å². The molecule has 0 fully saturated rings. The molecule has 0 atom stereocenters. The molecule has 0 radical (unpaired) electrons. The van der Waals surface area contributed by atoms with Crippen LogP contribution >= 0.6 is 15.9 Å². The van der Waals surface area contributed by atoms with Crippen molar-refractivity contribution in [3.05, 3.63) is 34.6 Å². The molecule has 1 aromatic carbocycles. The summed E-state index contributed by atoms with van der Waals surface area (Å²) in [5.41, 5.74) is 11.7. The summed E-state index contributed by atoms with van der Waals surface area (Å²) in [6.07, 6.45) is 1.55. The van der Waals surface area contributed by atoms with E-state index in [1.165, 1.54) is 0 Å². The van der Waals surface area contributed by atoms with E-state index in [0.717, 1.165) is 9.86 Å². The highest BCUT2D eigenvalue weighted by molar-refractivity contribution is 9.10. The van der Waals surface area contributed by atoms with Crippen LogP contribution in [0.5, 0.6) is 0 Å². The van der Waals surface area contributed by atoms with Crippen molar-refractivity contribution in [2.75, 3.05) is 5.73 Å². The number of primary amides is 1. The van der Waals surface area contributed by atoms with E-state index in [0.29, 0.717) is 11.1 Å². The van der Waals surface area contributed by atoms with Gasteiger partial charge in [-0.05, 0) is 33.4 Å². The number of carbonyl (C=O) groups excluding carboxylic acids is 1. The van der Waals surface area contributed by atoms with Gasteiger partial charge in [0.2, 0.25) is 0 Å². The van der Waals surface area contributed by atoms with E-state index in [1.807, 2.05) is 6.07 Å². The summed E-state index contributed by atoms with van der Waals surface area (Å²) >= 11 is 3.35. The summed E-state index contributed by atoms with van der Waals surface area (Å²) in [4.78, 5) is 15.1. The normalized spacial score (nSPS) is 10.5. The summed E-state index contributed by atoms with van der Waals surface area (Å²) in [6.45, 7) is 0. The molecule has 2 rings (SSSR count). The fraction of sp³-hybridized carbons (Fsp3) is 0. The zero-order chi connectivity index (χ0) is 11.0. The van der Waals surface area contributed by atoms with Gasteiger partial charge in [-0.15, -0.1) is 0 Å². The average Bonchev–Trinajstić information content (AvgIpc) is 2.17. The molecule has 0 saturated carbocycles. The maximum absolute atomic E-state index is 11.1. The Morgan fingerprint density at radius 2 is 2.07 bits per heavy atom. The number of nitrogens with zero attached hydrogens (tertiary/aromatic N) is 1. The Hall–Kier alpha value is -1.62. The molecular formula is C10H8BrN3O. The van der Waals surface area contributed by atoms with Gasteiger partial charge in [-0.3, -0.25) is 4.79 Å². The molecule has 2 aromatic rings. The molecular weight excluding hydrogens is 258 g/mol. The van der Waals surface area contributed by atoms with E-state index in [9.17, 15) is 4.79 Å². The van der Waals surface area contributed by atoms with Gasteiger partial charge in [0, 0.05) is 21.7 Å². The third-order valence-electron chi connectivity index (χ3n) is 2.10. The van der Waals surface area contributed by atoms with Crippen molar-refractivity contribution in [1.82, 2.24) is 4.98 Å². The topological polar surface area (TPSA) is 82.0 Å². The first-order chi connectivity index (χ1) is 7.09. The summed E-state index contributed by atoms with van der Waals surface area (Å²) in [7, 11) is 0. The van der Waals surface area contributed by atoms with Gasteiger partial charge < -0.3 is 11.5 Å². The van der Waals surface area contributed by atoms with Gasteiger partial charge >= 0.3 is 0 Å². The Morgan fingerprint density at radius 1 is 1.33 bits per heavy atom. The quantitative estimate of drug-likeness (QED) is 0.770. The van der Waals surface area contributed by atoms with E-state index >= 15 is 0 Å². The minimum atomic E-state index is -0.557. The van der Waals surface area contributed by atoms with Crippen molar-refractivity contribution in [3.8, 4) is 0 Å². The van der Waals surface area contributed by atoms with E-state index in [2.05, 4.69) is 20.9 Å². The minimum Gasteiger partial charge on any atom is -0.399 e. The summed E-state index contributed by atoms with van der Waals surface area (Å²) in [5, 5.41) is 1.53. The first-order valence-electron chi connectivity index (χ1n) is 4.23. The van der Waals surface area contributed by atoms with E-state index < -0.39 is 5.91 Å². The lowest BCUT2D eigenvalue weighted by atomic mass is 10.1. The number of nitrogen functional groups attached to an aromatic ring is 1. The van der Waals surface area contributed by atoms with Crippen LogP contribution in [0, 0.1) is 0 Å². The second-order valence-electron chi connectivity index (χ2n) is 3.12. The molecule has 4 nitrogen and oxygen atoms in total. The highest BCUT2D eigenvalue weighted by Gasteiger charge is 2.10. The van der Waals surface area contributed by atoms with Crippen LogP contribution in [0.4, 0.5) is 5.69 Å². The highest BCUT2D eigenvalue weighted by atomic mass is 79.9. The number of hydrogen-bond donors (Lipinski definition) is 2. The molecule has 5 heteroatoms. The van der Waals surface area contributed by atoms with Crippen molar-refractivity contribution >= 4 is 38.3 Å². The maximum Gasteiger partial charge on any atom is 0.267 e. The van der Waals surface area contributed by atoms with Crippen LogP contribution < -0.4 is 11.5 Å². The predicted molar refractivity (Wildman–Crippen MR) is 62.4 cm³/mol. The molecule has 15 heavy (non-hydrogen) atoms. The Balaban J connectivity index is 2.90. The number of halogens is 1. The second-order valence-corrected chi connectivity index (χ2v) is 3.98. The summed E-state index contributed by atoms with van der Waals surface area (Å²) in [6, 6.07) is 5.27. The fourth-order valence-electron chi connectivity index (χ4n) is 1.42. The Bertz CT molecular complexity index is 554. The van der Waals surface area contributed by atoms with Gasteiger partial charge in [-0.1, -0.05) is 6.07 Å². The van der Waals surface area contributed by atoms with Crippen molar-refractivity contribution in [2.45, 2.75) is 0 Å². The zero-order valence-corrected chi connectivity index (χ0v) is 9.28. The van der Waals surface area contributed by atoms with E-state index in [4.69, 9.17) is 11.5 Å². The second kappa shape index (κ2) is 3.51. The number of amides is 1. The fourth-order valence-corrected chi connectivity index (χ4v) is 1.87. The molecule has 0 unspecified atom stereocenters. The third kappa shape index (κ3) is 1.66. The molecule has 0 aliphatic rings. The SMILES string of the molecule is NC(=O)c1ncc(Br)c2ccc(N)cc12. The molecule has 0 saturated heterocycles. The lowest BCUT2D eigenvalue weighted by Gasteiger charge is -2.05. The van der Waals surface area contributed by atoms with Gasteiger partial charge in [0.05, 0.1) is 0 Å². The number of nitrogens with two attached hydrogens (primary N) is 2. The Labute approximate surface area is 94.4 Å². The van der Waals surface area contributed by atoms with Crippen molar-refractivity contribution < 1.29 is 4.79 Å². The molecule has 0 spiro atoms. The van der Waals surface area contributed by atoms with Crippen molar-refractivity contribution in [1.29, 1.82) is 0 Å². The lowest BCUT2D eigenvalue weighted by molar-refractivity contribution is 0.0997. The molecule has 4 N–H and O–H groups in total. The van der Waals surface area contributed by atoms with E-state index in [-0.39, 0.29) is 5.69 Å². The van der Waals surface area contributed by atoms with Gasteiger partial charge in [0.15, 0.2) is 0 Å². The maximum atomic E-state index is 11.1. The first-order valence-corrected chi connectivity index (χ1v) is 5.02. The van der Waals surface area contributed by atoms with Gasteiger partial charge in [-0.25, -0.2) is 4.98 Å². The molecule has 1 heterocycles. The number of carbonyl (C=O) groups is 1. The molecule has 1 amide bonds. The number of anilines is 1. The number of hydrogen-bond acceptors (Lipinski definition) is 3. The van der Waals surface area contributed by atoms with Crippen LogP contribution in [0.1, 0.15) is 10.5 Å². The Morgan fingerprint density at radius 3 is 2.73 bits per heavy atom. The monoisotopic (exact) mass is 265 g/mol. The number of fused-ring (bicyclic) bond motifs is 1. The molecule has 0 bridgehead atoms. The summed E-state index contributed by atoms with van der Waals surface area (Å²) in [5.74, 6) is -0.557. The zero-order valence-electron chi connectivity index (χ0n) is 7.70. The average molecular weight is 266 g/mol. The van der Waals surface area contributed by atoms with E-state index in [1.54, 1.807) is 18.3 Å². The smallest absolute Gasteiger partial charge is 0.267 e. The number of aromatic nitrogens is 1. The van der Waals surface area contributed by atoms with Gasteiger partial charge in [0.25, 0.3) is 5.91 Å². The molecule has 0 aliphatic carbocycles. The van der Waals surface area contributed by atoms with Crippen LogP contribution in [0.3, 0.4) is 0 Å². The molecule has 76 valence electrons. The van der Waals surface area contributed by atoms with Crippen LogP contribution in [-0.2, 0) is 0 Å². The summed E-state index contributed by atoms with van der Waals surface area (Å²) < 4.78 is 0.808. The van der Waals surface area contributed by atoms with Gasteiger partial charge in [-0.2, -0.15) is 0 Å². The van der Waals surface area contributed by atoms with Gasteiger partial charge in [0.1, 0.15) is 5.69 Å². The van der Waals surface area contributed by atoms with Crippen LogP contribution in [0.25, 0.3) is 10.8 Å². The number of benzene rings is 1. The minimum absolute atomic E-state index is 0.237. The predicted octanol–water partition coefficient (Wildman–Crippen LogP) is 1.68. The van der Waals surface area contributed by atoms with Crippen molar-refractivity contribution in [2.24, 2.45) is 5.73 Å². The van der Waals surface area contributed by atoms with Crippen LogP contribution in [0.15, 0.2) is 28.9 Å². The highest BCUT2D eigenvalue weighted by Crippen LogP contribution is 2.26. The molecule has 1 aromatic heterocycles. The van der Waals surface area contributed by atoms with Crippen molar-refractivity contribution in [3.63, 3.8) is 0 Å². The lowest BCUT2D eigenvalue weighted by Crippen LogP contribution is -2.13. The standard InChI is InChI=1S/C10H8BrN3O/c11-8-4-14-9(10(13)15)7-3-5(12)1-2-6(7)8/h1-4H,12H2,(H2,13,15). The number of rotatable bonds is 1. The number of pyridine rings is 1.